The number of ether oxygens (including phenoxy) is 6. The summed E-state index contributed by atoms with van der Waals surface area (Å²) in [6.45, 7) is 10.5. The SMILES string of the molecule is CC1=C2CC3[C@@H](CC=C4C[C@@H](O)CC[C@@]43C)[C@@H]2CC[C@]12O[C@@H]1C[C@H](C)CN(Cc3cn([C@@H]4OC(CO)[C@@H](O[C@@H]5OC(CO)[C@@H](O[C@@H]6OC(CO)[C@@H](O)C(O)C6O)C(O)C5O)C(C)C4O)nn3)[C@H]1[C@H]2C. The molecule has 1 aromatic heterocycles. The third-order valence-electron chi connectivity index (χ3n) is 18.7. The molecule has 6 heterocycles. The number of rotatable bonds is 10. The molecule has 10 rings (SSSR count). The molecule has 20 nitrogen and oxygen atoms in total. The maximum atomic E-state index is 11.7. The highest BCUT2D eigenvalue weighted by Crippen LogP contribution is 2.65. The van der Waals surface area contributed by atoms with Gasteiger partial charge in [0, 0.05) is 31.0 Å². The molecule has 7 fully saturated rings. The van der Waals surface area contributed by atoms with Crippen molar-refractivity contribution in [2.75, 3.05) is 26.4 Å². The van der Waals surface area contributed by atoms with Crippen molar-refractivity contribution >= 4 is 0 Å². The highest BCUT2D eigenvalue weighted by Gasteiger charge is 2.62. The van der Waals surface area contributed by atoms with Gasteiger partial charge in [-0.2, -0.15) is 0 Å². The van der Waals surface area contributed by atoms with Gasteiger partial charge in [-0.1, -0.05) is 50.1 Å². The number of hydrogen-bond donors (Lipinski definition) is 10. The van der Waals surface area contributed by atoms with Crippen LogP contribution in [0, 0.1) is 40.9 Å². The van der Waals surface area contributed by atoms with Gasteiger partial charge in [0.25, 0.3) is 0 Å². The van der Waals surface area contributed by atoms with E-state index in [4.69, 9.17) is 28.4 Å². The molecule has 388 valence electrons. The Bertz CT molecular complexity index is 2060. The third kappa shape index (κ3) is 8.42. The number of aliphatic hydroxyl groups is 10. The van der Waals surface area contributed by atoms with Gasteiger partial charge in [-0.15, -0.1) is 5.10 Å². The van der Waals surface area contributed by atoms with Gasteiger partial charge in [0.05, 0.1) is 55.6 Å². The van der Waals surface area contributed by atoms with Gasteiger partial charge >= 0.3 is 0 Å². The van der Waals surface area contributed by atoms with Crippen molar-refractivity contribution in [2.24, 2.45) is 40.9 Å². The number of piperidine rings is 1. The molecule has 4 aliphatic carbocycles. The fourth-order valence-electron chi connectivity index (χ4n) is 14.9. The Hall–Kier alpha value is -2.06. The van der Waals surface area contributed by atoms with Crippen LogP contribution in [0.4, 0.5) is 0 Å². The van der Waals surface area contributed by atoms with Crippen LogP contribution in [-0.4, -0.2) is 201 Å². The van der Waals surface area contributed by atoms with E-state index in [-0.39, 0.29) is 35.2 Å². The minimum Gasteiger partial charge on any atom is -0.394 e. The average Bonchev–Trinajstić information content (AvgIpc) is 4.04. The molecule has 1 spiro atoms. The number of aromatic nitrogens is 3. The summed E-state index contributed by atoms with van der Waals surface area (Å²) in [6.07, 6.45) is -8.73. The maximum absolute atomic E-state index is 11.7. The Labute approximate surface area is 402 Å². The first kappa shape index (κ1) is 50.5. The van der Waals surface area contributed by atoms with Crippen LogP contribution in [0.5, 0.6) is 0 Å². The van der Waals surface area contributed by atoms with Gasteiger partial charge in [0.1, 0.15) is 61.0 Å². The normalized spacial score (nSPS) is 51.2. The summed E-state index contributed by atoms with van der Waals surface area (Å²) in [5.41, 5.74) is 5.07. The van der Waals surface area contributed by atoms with Crippen LogP contribution in [-0.2, 0) is 35.0 Å². The van der Waals surface area contributed by atoms with E-state index >= 15 is 0 Å². The molecule has 25 atom stereocenters. The first-order valence-electron chi connectivity index (χ1n) is 25.5. The van der Waals surface area contributed by atoms with Crippen molar-refractivity contribution in [3.05, 3.63) is 34.7 Å². The van der Waals surface area contributed by atoms with Crippen molar-refractivity contribution in [2.45, 2.75) is 202 Å². The number of allylic oxidation sites excluding steroid dienone is 2. The van der Waals surface area contributed by atoms with Crippen molar-refractivity contribution in [3.63, 3.8) is 0 Å². The molecule has 0 bridgehead atoms. The van der Waals surface area contributed by atoms with E-state index in [1.165, 1.54) is 15.8 Å². The Kier molecular flexibility index (Phi) is 14.1. The molecule has 5 aliphatic heterocycles. The number of fused-ring (bicyclic) bond motifs is 6. The molecule has 5 saturated heterocycles. The Morgan fingerprint density at radius 3 is 2.19 bits per heavy atom. The third-order valence-corrected chi connectivity index (χ3v) is 18.7. The summed E-state index contributed by atoms with van der Waals surface area (Å²) in [7, 11) is 0. The fourth-order valence-corrected chi connectivity index (χ4v) is 14.9. The van der Waals surface area contributed by atoms with E-state index in [9.17, 15) is 51.1 Å². The van der Waals surface area contributed by atoms with Gasteiger partial charge in [0.2, 0.25) is 0 Å². The summed E-state index contributed by atoms with van der Waals surface area (Å²) >= 11 is 0. The minimum atomic E-state index is -1.83. The molecule has 10 unspecified atom stereocenters. The van der Waals surface area contributed by atoms with Crippen LogP contribution in [0.25, 0.3) is 0 Å². The summed E-state index contributed by atoms with van der Waals surface area (Å²) in [5.74, 6) is 1.70. The highest BCUT2D eigenvalue weighted by molar-refractivity contribution is 5.38. The van der Waals surface area contributed by atoms with Crippen LogP contribution < -0.4 is 0 Å². The second-order valence-corrected chi connectivity index (χ2v) is 22.5. The van der Waals surface area contributed by atoms with Crippen molar-refractivity contribution in [3.8, 4) is 0 Å². The Balaban J connectivity index is 0.799. The van der Waals surface area contributed by atoms with E-state index in [0.29, 0.717) is 35.9 Å². The van der Waals surface area contributed by atoms with Gasteiger partial charge in [-0.05, 0) is 93.0 Å². The molecule has 69 heavy (non-hydrogen) atoms. The van der Waals surface area contributed by atoms with Crippen molar-refractivity contribution < 1.29 is 79.5 Å². The van der Waals surface area contributed by atoms with Crippen LogP contribution >= 0.6 is 0 Å². The molecular formula is C49H76N4O16. The van der Waals surface area contributed by atoms with E-state index < -0.39 is 112 Å². The molecule has 10 N–H and O–H groups in total. The lowest BCUT2D eigenvalue weighted by molar-refractivity contribution is -0.372. The lowest BCUT2D eigenvalue weighted by Gasteiger charge is -2.49. The standard InChI is InChI=1S/C49H76N4O16/c1-21-12-32-36(24(4)49(69-32)11-9-28-29-7-6-25-13-27(57)8-10-48(25,5)31(29)14-30(28)23(49)3)52(15-21)16-26-17-53(51-50-26)45-37(58)22(2)43(34(19-55)64-45)67-47-42(63)40(61)44(35(20-56)66-47)68-46-41(62)39(60)38(59)33(18-54)65-46/h6,17,21-22,24,27-29,31-47,54-63H,7-16,18-20H2,1-5H3/t21-,22?,24+,27-,28-,29-,31?,32+,33?,34?,35?,36-,37?,38+,39?,40?,41?,42?,43-,44+,45+,46-,47-,48-,49-/m0/s1. The molecule has 20 heteroatoms. The van der Waals surface area contributed by atoms with Crippen LogP contribution in [0.1, 0.15) is 97.9 Å². The minimum absolute atomic E-state index is 0.0630. The molecule has 0 radical (unpaired) electrons. The molecule has 1 aromatic rings. The van der Waals surface area contributed by atoms with Crippen LogP contribution in [0.2, 0.25) is 0 Å². The second-order valence-electron chi connectivity index (χ2n) is 22.5. The summed E-state index contributed by atoms with van der Waals surface area (Å²) in [5, 5.41) is 115. The summed E-state index contributed by atoms with van der Waals surface area (Å²) in [6, 6.07) is 0.164. The average molecular weight is 977 g/mol. The predicted molar refractivity (Wildman–Crippen MR) is 240 cm³/mol. The lowest BCUT2D eigenvalue weighted by atomic mass is 9.56. The van der Waals surface area contributed by atoms with E-state index in [1.807, 2.05) is 0 Å². The summed E-state index contributed by atoms with van der Waals surface area (Å²) < 4.78 is 38.1. The number of hydrogen-bond acceptors (Lipinski definition) is 19. The second kappa shape index (κ2) is 19.3. The fraction of sp³-hybridized carbons (Fsp3) is 0.878. The monoisotopic (exact) mass is 977 g/mol. The summed E-state index contributed by atoms with van der Waals surface area (Å²) in [4.78, 5) is 2.50. The first-order chi connectivity index (χ1) is 32.9. The van der Waals surface area contributed by atoms with Gasteiger partial charge in [-0.3, -0.25) is 4.90 Å². The van der Waals surface area contributed by atoms with E-state index in [2.05, 4.69) is 49.0 Å². The maximum Gasteiger partial charge on any atom is 0.187 e. The number of nitrogens with zero attached hydrogens (tertiary/aromatic N) is 4. The lowest BCUT2D eigenvalue weighted by Crippen LogP contribution is -2.65. The van der Waals surface area contributed by atoms with Crippen molar-refractivity contribution in [1.82, 2.24) is 19.9 Å². The Morgan fingerprint density at radius 2 is 1.46 bits per heavy atom. The Morgan fingerprint density at radius 1 is 0.783 bits per heavy atom. The first-order valence-corrected chi connectivity index (χ1v) is 25.5. The molecule has 9 aliphatic rings. The van der Waals surface area contributed by atoms with E-state index in [1.54, 1.807) is 18.7 Å². The van der Waals surface area contributed by atoms with Crippen LogP contribution in [0.3, 0.4) is 0 Å². The number of likely N-dealkylation sites (tertiary alicyclic amines) is 1. The van der Waals surface area contributed by atoms with Gasteiger partial charge in [-0.25, -0.2) is 4.68 Å². The molecule has 0 amide bonds. The van der Waals surface area contributed by atoms with Gasteiger partial charge < -0.3 is 79.5 Å². The van der Waals surface area contributed by atoms with Crippen LogP contribution in [0.15, 0.2) is 29.0 Å². The van der Waals surface area contributed by atoms with Crippen molar-refractivity contribution in [1.29, 1.82) is 0 Å². The zero-order valence-electron chi connectivity index (χ0n) is 40.3. The molecule has 0 aromatic carbocycles. The van der Waals surface area contributed by atoms with E-state index in [0.717, 1.165) is 57.9 Å². The largest absolute Gasteiger partial charge is 0.394 e. The topological polar surface area (TPSA) is 292 Å². The zero-order valence-corrected chi connectivity index (χ0v) is 40.3. The quantitative estimate of drug-likeness (QED) is 0.131. The smallest absolute Gasteiger partial charge is 0.187 e. The highest BCUT2D eigenvalue weighted by atomic mass is 16.7. The number of aliphatic hydroxyl groups excluding tert-OH is 10. The predicted octanol–water partition coefficient (Wildman–Crippen LogP) is -0.598. The van der Waals surface area contributed by atoms with Gasteiger partial charge in [0.15, 0.2) is 18.8 Å². The molecule has 2 saturated carbocycles. The molecular weight excluding hydrogens is 901 g/mol. The zero-order chi connectivity index (χ0) is 49.0.